The first-order valence-corrected chi connectivity index (χ1v) is 9.15. The Kier molecular flexibility index (Phi) is 6.38. The number of carboxylic acid groups (broad SMARTS) is 1. The first kappa shape index (κ1) is 19.6. The molecule has 144 valence electrons. The highest BCUT2D eigenvalue weighted by Gasteiger charge is 2.32. The molecule has 1 saturated heterocycles. The molecule has 1 atom stereocenters. The fourth-order valence-corrected chi connectivity index (χ4v) is 3.21. The Morgan fingerprint density at radius 2 is 1.93 bits per heavy atom. The number of hydrogen-bond acceptors (Lipinski definition) is 6. The van der Waals surface area contributed by atoms with Crippen molar-refractivity contribution < 1.29 is 23.8 Å². The molecule has 0 saturated carbocycles. The predicted molar refractivity (Wildman–Crippen MR) is 104 cm³/mol. The van der Waals surface area contributed by atoms with Crippen LogP contribution in [0.25, 0.3) is 0 Å². The summed E-state index contributed by atoms with van der Waals surface area (Å²) in [5, 5.41) is 18.7. The van der Waals surface area contributed by atoms with E-state index in [9.17, 15) is 14.0 Å². The highest BCUT2D eigenvalue weighted by molar-refractivity contribution is 8.15. The van der Waals surface area contributed by atoms with Gasteiger partial charge in [0.1, 0.15) is 23.4 Å². The van der Waals surface area contributed by atoms with Gasteiger partial charge in [-0.15, -0.1) is 5.10 Å². The standard InChI is InChI=1S/C19H16FN3O4S/c20-14-5-7-15(8-6-14)27-11-13-3-1-12(2-4-13)10-21-23-19-22-18(26)16(28-19)9-17(24)25/h1-8,10,16H,9,11H2,(H,24,25)(H,22,23,26). The van der Waals surface area contributed by atoms with E-state index >= 15 is 0 Å². The van der Waals surface area contributed by atoms with Crippen molar-refractivity contribution >= 4 is 35.0 Å². The van der Waals surface area contributed by atoms with E-state index in [1.807, 2.05) is 24.3 Å². The minimum Gasteiger partial charge on any atom is -0.489 e. The van der Waals surface area contributed by atoms with Crippen molar-refractivity contribution in [1.82, 2.24) is 5.32 Å². The van der Waals surface area contributed by atoms with Crippen LogP contribution in [0.2, 0.25) is 0 Å². The Bertz CT molecular complexity index is 914. The second-order valence-electron chi connectivity index (χ2n) is 5.83. The molecule has 2 N–H and O–H groups in total. The molecule has 1 fully saturated rings. The molecule has 1 heterocycles. The average Bonchev–Trinajstić information content (AvgIpc) is 3.01. The lowest BCUT2D eigenvalue weighted by molar-refractivity contribution is -0.138. The van der Waals surface area contributed by atoms with Gasteiger partial charge in [-0.25, -0.2) is 4.39 Å². The number of benzene rings is 2. The van der Waals surface area contributed by atoms with Crippen molar-refractivity contribution in [1.29, 1.82) is 0 Å². The first-order valence-electron chi connectivity index (χ1n) is 8.27. The number of carboxylic acids is 1. The SMILES string of the molecule is O=C(O)CC1SC(=NN=Cc2ccc(COc3ccc(F)cc3)cc2)NC1=O. The van der Waals surface area contributed by atoms with Gasteiger partial charge < -0.3 is 15.2 Å². The number of halogens is 1. The van der Waals surface area contributed by atoms with Gasteiger partial charge in [-0.05, 0) is 35.4 Å². The normalized spacial score (nSPS) is 17.8. The molecule has 28 heavy (non-hydrogen) atoms. The number of nitrogens with one attached hydrogen (secondary N) is 1. The number of amides is 1. The van der Waals surface area contributed by atoms with Crippen molar-refractivity contribution in [2.24, 2.45) is 10.2 Å². The molecule has 2 aromatic rings. The summed E-state index contributed by atoms with van der Waals surface area (Å²) in [6.07, 6.45) is 1.26. The quantitative estimate of drug-likeness (QED) is 0.549. The molecule has 3 rings (SSSR count). The van der Waals surface area contributed by atoms with Crippen molar-refractivity contribution in [2.45, 2.75) is 18.3 Å². The Morgan fingerprint density at radius 3 is 2.61 bits per heavy atom. The first-order chi connectivity index (χ1) is 13.5. The highest BCUT2D eigenvalue weighted by atomic mass is 32.2. The molecular formula is C19H16FN3O4S. The van der Waals surface area contributed by atoms with Crippen LogP contribution in [-0.2, 0) is 16.2 Å². The number of carbonyl (C=O) groups excluding carboxylic acids is 1. The van der Waals surface area contributed by atoms with Gasteiger partial charge in [0.05, 0.1) is 12.6 Å². The molecule has 9 heteroatoms. The number of hydrogen-bond donors (Lipinski definition) is 2. The van der Waals surface area contributed by atoms with E-state index in [2.05, 4.69) is 15.5 Å². The number of nitrogens with zero attached hydrogens (tertiary/aromatic N) is 2. The van der Waals surface area contributed by atoms with Gasteiger partial charge in [0.25, 0.3) is 0 Å². The topological polar surface area (TPSA) is 100 Å². The molecule has 0 bridgehead atoms. The molecule has 0 radical (unpaired) electrons. The summed E-state index contributed by atoms with van der Waals surface area (Å²) in [5.74, 6) is -1.15. The van der Waals surface area contributed by atoms with Crippen LogP contribution in [-0.4, -0.2) is 33.6 Å². The summed E-state index contributed by atoms with van der Waals surface area (Å²) in [5.41, 5.74) is 1.73. The van der Waals surface area contributed by atoms with Gasteiger partial charge in [-0.3, -0.25) is 9.59 Å². The lowest BCUT2D eigenvalue weighted by atomic mass is 10.1. The van der Waals surface area contributed by atoms with Crippen LogP contribution in [0.4, 0.5) is 4.39 Å². The molecule has 2 aromatic carbocycles. The zero-order valence-corrected chi connectivity index (χ0v) is 15.4. The van der Waals surface area contributed by atoms with E-state index in [1.165, 1.54) is 18.3 Å². The number of carbonyl (C=O) groups is 2. The van der Waals surface area contributed by atoms with Gasteiger partial charge in [-0.2, -0.15) is 5.10 Å². The van der Waals surface area contributed by atoms with Crippen LogP contribution >= 0.6 is 11.8 Å². The third-order valence-electron chi connectivity index (χ3n) is 3.69. The molecule has 7 nitrogen and oxygen atoms in total. The van der Waals surface area contributed by atoms with Crippen molar-refractivity contribution in [3.05, 3.63) is 65.5 Å². The number of ether oxygens (including phenoxy) is 1. The van der Waals surface area contributed by atoms with E-state index in [0.717, 1.165) is 22.9 Å². The zero-order chi connectivity index (χ0) is 19.9. The average molecular weight is 401 g/mol. The second kappa shape index (κ2) is 9.14. The molecule has 0 spiro atoms. The number of thioether (sulfide) groups is 1. The van der Waals surface area contributed by atoms with E-state index in [-0.39, 0.29) is 23.3 Å². The van der Waals surface area contributed by atoms with Gasteiger partial charge in [-0.1, -0.05) is 36.0 Å². The molecule has 1 aliphatic heterocycles. The number of aliphatic carboxylic acids is 1. The van der Waals surface area contributed by atoms with E-state index in [1.54, 1.807) is 12.1 Å². The number of amidine groups is 1. The van der Waals surface area contributed by atoms with Gasteiger partial charge in [0.15, 0.2) is 5.17 Å². The molecule has 1 aliphatic rings. The number of rotatable bonds is 7. The van der Waals surface area contributed by atoms with E-state index in [0.29, 0.717) is 12.4 Å². The lowest BCUT2D eigenvalue weighted by Gasteiger charge is -2.06. The van der Waals surface area contributed by atoms with Crippen LogP contribution in [0, 0.1) is 5.82 Å². The molecule has 1 amide bonds. The minimum atomic E-state index is -1.04. The molecule has 0 aromatic heterocycles. The minimum absolute atomic E-state index is 0.263. The van der Waals surface area contributed by atoms with E-state index < -0.39 is 11.2 Å². The van der Waals surface area contributed by atoms with Crippen molar-refractivity contribution in [3.63, 3.8) is 0 Å². The van der Waals surface area contributed by atoms with Crippen molar-refractivity contribution in [3.8, 4) is 5.75 Å². The smallest absolute Gasteiger partial charge is 0.305 e. The van der Waals surface area contributed by atoms with Gasteiger partial charge >= 0.3 is 5.97 Å². The fraction of sp³-hybridized carbons (Fsp3) is 0.158. The highest BCUT2D eigenvalue weighted by Crippen LogP contribution is 2.22. The third kappa shape index (κ3) is 5.65. The summed E-state index contributed by atoms with van der Waals surface area (Å²) >= 11 is 1.04. The lowest BCUT2D eigenvalue weighted by Crippen LogP contribution is -2.26. The largest absolute Gasteiger partial charge is 0.489 e. The van der Waals surface area contributed by atoms with Crippen LogP contribution in [0.1, 0.15) is 17.5 Å². The van der Waals surface area contributed by atoms with Crippen LogP contribution in [0.3, 0.4) is 0 Å². The maximum Gasteiger partial charge on any atom is 0.305 e. The zero-order valence-electron chi connectivity index (χ0n) is 14.5. The predicted octanol–water partition coefficient (Wildman–Crippen LogP) is 2.80. The second-order valence-corrected chi connectivity index (χ2v) is 7.02. The third-order valence-corrected chi connectivity index (χ3v) is 4.76. The molecule has 0 aliphatic carbocycles. The van der Waals surface area contributed by atoms with Gasteiger partial charge in [0.2, 0.25) is 5.91 Å². The van der Waals surface area contributed by atoms with Crippen LogP contribution < -0.4 is 10.1 Å². The summed E-state index contributed by atoms with van der Waals surface area (Å²) in [4.78, 5) is 22.3. The molecule has 1 unspecified atom stereocenters. The maximum absolute atomic E-state index is 12.9. The fourth-order valence-electron chi connectivity index (χ4n) is 2.29. The Hall–Kier alpha value is -3.20. The maximum atomic E-state index is 12.9. The molecular weight excluding hydrogens is 385 g/mol. The van der Waals surface area contributed by atoms with Crippen LogP contribution in [0.5, 0.6) is 5.75 Å². The summed E-state index contributed by atoms with van der Waals surface area (Å²) < 4.78 is 18.4. The summed E-state index contributed by atoms with van der Waals surface area (Å²) in [6.45, 7) is 0.346. The van der Waals surface area contributed by atoms with E-state index in [4.69, 9.17) is 9.84 Å². The monoisotopic (exact) mass is 401 g/mol. The Morgan fingerprint density at radius 1 is 1.21 bits per heavy atom. The van der Waals surface area contributed by atoms with Crippen LogP contribution in [0.15, 0.2) is 58.7 Å². The van der Waals surface area contributed by atoms with Gasteiger partial charge in [0, 0.05) is 0 Å². The summed E-state index contributed by atoms with van der Waals surface area (Å²) in [7, 11) is 0. The Labute approximate surface area is 164 Å². The van der Waals surface area contributed by atoms with Crippen molar-refractivity contribution in [2.75, 3.05) is 0 Å². The Balaban J connectivity index is 1.52. The summed E-state index contributed by atoms with van der Waals surface area (Å²) in [6, 6.07) is 13.2.